The summed E-state index contributed by atoms with van der Waals surface area (Å²) in [4.78, 5) is 52.6. The van der Waals surface area contributed by atoms with Gasteiger partial charge in [0.1, 0.15) is 6.61 Å². The fourth-order valence-corrected chi connectivity index (χ4v) is 9.74. The number of hydrogen-bond donors (Lipinski definition) is 2. The van der Waals surface area contributed by atoms with Crippen LogP contribution in [0.4, 0.5) is 21.9 Å². The molecule has 15 heteroatoms. The molecule has 2 fully saturated rings. The molecule has 1 spiro atoms. The van der Waals surface area contributed by atoms with E-state index in [1.165, 1.54) is 17.0 Å². The molecule has 3 aliphatic rings. The van der Waals surface area contributed by atoms with Gasteiger partial charge in [0.2, 0.25) is 0 Å². The van der Waals surface area contributed by atoms with Crippen molar-refractivity contribution in [3.8, 4) is 0 Å². The minimum Gasteiger partial charge on any atom is -0.447 e. The molecule has 4 heterocycles. The van der Waals surface area contributed by atoms with Gasteiger partial charge in [0.15, 0.2) is 13.9 Å². The number of carbonyl (C=O) groups excluding carboxylic acids is 2. The zero-order chi connectivity index (χ0) is 32.1. The van der Waals surface area contributed by atoms with Crippen molar-refractivity contribution in [2.75, 3.05) is 29.6 Å². The van der Waals surface area contributed by atoms with E-state index in [4.69, 9.17) is 9.47 Å². The predicted molar refractivity (Wildman–Crippen MR) is 164 cm³/mol. The van der Waals surface area contributed by atoms with Gasteiger partial charge in [0.05, 0.1) is 35.5 Å². The van der Waals surface area contributed by atoms with E-state index >= 15 is 0 Å². The van der Waals surface area contributed by atoms with Crippen molar-refractivity contribution in [2.45, 2.75) is 63.2 Å². The first-order valence-corrected chi connectivity index (χ1v) is 18.0. The maximum absolute atomic E-state index is 14.6. The zero-order valence-electron chi connectivity index (χ0n) is 25.3. The number of amides is 2. The predicted octanol–water partition coefficient (Wildman–Crippen LogP) is 3.11. The first-order valence-electron chi connectivity index (χ1n) is 15.0. The average molecular weight is 637 g/mol. The number of nitro benzene ring substituents is 1. The number of non-ortho nitro benzene ring substituents is 1. The number of benzene rings is 2. The Morgan fingerprint density at radius 3 is 2.58 bits per heavy atom. The number of hydrogen-bond acceptors (Lipinski definition) is 10. The zero-order valence-corrected chi connectivity index (χ0v) is 26.3. The molecule has 0 saturated carbocycles. The Balaban J connectivity index is 1.34. The molecule has 2 N–H and O–H groups in total. The molecule has 0 bridgehead atoms. The van der Waals surface area contributed by atoms with Crippen molar-refractivity contribution in [3.63, 3.8) is 0 Å². The highest BCUT2D eigenvalue weighted by Gasteiger charge is 2.66. The summed E-state index contributed by atoms with van der Waals surface area (Å²) < 4.78 is 13.5. The molecule has 4 atom stereocenters. The summed E-state index contributed by atoms with van der Waals surface area (Å²) >= 11 is 0. The van der Waals surface area contributed by atoms with Gasteiger partial charge in [-0.2, -0.15) is 0 Å². The first kappa shape index (κ1) is 30.8. The average Bonchev–Trinajstić information content (AvgIpc) is 3.75. The fourth-order valence-electron chi connectivity index (χ4n) is 7.13. The van der Waals surface area contributed by atoms with Crippen LogP contribution >= 0.6 is 0 Å². The first-order chi connectivity index (χ1) is 21.4. The number of aliphatic hydroxyl groups is 1. The largest absolute Gasteiger partial charge is 0.447 e. The van der Waals surface area contributed by atoms with E-state index in [1.54, 1.807) is 34.0 Å². The van der Waals surface area contributed by atoms with Gasteiger partial charge in [-0.05, 0) is 43.3 Å². The molecule has 0 radical (unpaired) electrons. The van der Waals surface area contributed by atoms with Crippen LogP contribution in [0.5, 0.6) is 0 Å². The number of rotatable bonds is 10. The molecule has 0 unspecified atom stereocenters. The lowest BCUT2D eigenvalue weighted by Gasteiger charge is -2.32. The van der Waals surface area contributed by atoms with Gasteiger partial charge in [-0.15, -0.1) is 5.10 Å². The summed E-state index contributed by atoms with van der Waals surface area (Å²) in [6.07, 6.45) is 1.61. The van der Waals surface area contributed by atoms with E-state index in [-0.39, 0.29) is 30.3 Å². The monoisotopic (exact) mass is 636 g/mol. The van der Waals surface area contributed by atoms with E-state index in [2.05, 4.69) is 10.3 Å². The second-order valence-corrected chi connectivity index (χ2v) is 16.4. The van der Waals surface area contributed by atoms with Gasteiger partial charge in [0.25, 0.3) is 11.6 Å². The maximum atomic E-state index is 14.6. The highest BCUT2D eigenvalue weighted by molar-refractivity contribution is 6.71. The van der Waals surface area contributed by atoms with Crippen LogP contribution in [0.25, 0.3) is 0 Å². The van der Waals surface area contributed by atoms with Gasteiger partial charge in [-0.1, -0.05) is 24.3 Å². The molecule has 3 aromatic rings. The second-order valence-electron chi connectivity index (χ2n) is 12.4. The quantitative estimate of drug-likeness (QED) is 0.191. The van der Waals surface area contributed by atoms with Crippen LogP contribution in [0.2, 0.25) is 18.6 Å². The van der Waals surface area contributed by atoms with Crippen molar-refractivity contribution in [1.82, 2.24) is 15.0 Å². The van der Waals surface area contributed by atoms with E-state index in [0.717, 1.165) is 5.56 Å². The minimum absolute atomic E-state index is 0.0434. The third-order valence-corrected chi connectivity index (χ3v) is 11.6. The Morgan fingerprint density at radius 2 is 1.93 bits per heavy atom. The summed E-state index contributed by atoms with van der Waals surface area (Å²) in [6.45, 7) is 6.85. The van der Waals surface area contributed by atoms with Gasteiger partial charge in [-0.25, -0.2) is 4.79 Å². The van der Waals surface area contributed by atoms with E-state index < -0.39 is 37.0 Å². The second kappa shape index (κ2) is 11.6. The van der Waals surface area contributed by atoms with E-state index in [0.29, 0.717) is 55.2 Å². The van der Waals surface area contributed by atoms with Crippen molar-refractivity contribution in [2.24, 2.45) is 5.92 Å². The molecular weight excluding hydrogens is 600 g/mol. The van der Waals surface area contributed by atoms with E-state index in [9.17, 15) is 29.6 Å². The Morgan fingerprint density at radius 1 is 1.18 bits per heavy atom. The third kappa shape index (κ3) is 5.39. The number of anilines is 2. The summed E-state index contributed by atoms with van der Waals surface area (Å²) in [6, 6.07) is 11.7. The number of nitro groups is 1. The number of ether oxygens (including phenoxy) is 2. The van der Waals surface area contributed by atoms with Crippen LogP contribution in [0.1, 0.15) is 30.2 Å². The minimum atomic E-state index is -2.95. The third-order valence-electron chi connectivity index (χ3n) is 9.12. The smallest absolute Gasteiger partial charge is 0.414 e. The Kier molecular flexibility index (Phi) is 7.97. The van der Waals surface area contributed by atoms with Crippen molar-refractivity contribution >= 4 is 37.4 Å². The van der Waals surface area contributed by atoms with Crippen LogP contribution in [0, 0.1) is 16.0 Å². The number of carbonyl (C=O) groups is 2. The lowest BCUT2D eigenvalue weighted by Crippen LogP contribution is -2.46. The number of fused-ring (bicyclic) bond motifs is 2. The van der Waals surface area contributed by atoms with Gasteiger partial charge in [0, 0.05) is 60.6 Å². The molecule has 1 aromatic heterocycles. The highest BCUT2D eigenvalue weighted by atomic mass is 28.4. The maximum Gasteiger partial charge on any atom is 0.414 e. The lowest BCUT2D eigenvalue weighted by atomic mass is 9.82. The Bertz CT molecular complexity index is 1630. The Hall–Kier alpha value is -4.18. The summed E-state index contributed by atoms with van der Waals surface area (Å²) in [5.41, 5.74) is 1.02. The molecule has 2 saturated heterocycles. The molecule has 14 nitrogen and oxygen atoms in total. The molecule has 45 heavy (non-hydrogen) atoms. The van der Waals surface area contributed by atoms with Crippen molar-refractivity contribution < 1.29 is 33.9 Å². The van der Waals surface area contributed by atoms with Crippen LogP contribution in [-0.4, -0.2) is 76.0 Å². The number of aryl methyl sites for hydroxylation is 1. The molecule has 2 amide bonds. The molecule has 6 rings (SSSR count). The van der Waals surface area contributed by atoms with Crippen LogP contribution in [0.15, 0.2) is 48.7 Å². The SMILES string of the molecule is C[C@@H]1[C@@H]([Si](C)(C)O)[C@H](CCn2cc(CCO)nn2)O[C@@]12C(=O)N(Cc1ccc(N3CCOC3=O)cc1)c1ccc([N+](=O)[O-])cc12. The summed E-state index contributed by atoms with van der Waals surface area (Å²) in [5, 5.41) is 29.3. The topological polar surface area (TPSA) is 173 Å². The summed E-state index contributed by atoms with van der Waals surface area (Å²) in [7, 11) is -2.95. The van der Waals surface area contributed by atoms with Gasteiger partial charge < -0.3 is 24.3 Å². The van der Waals surface area contributed by atoms with Crippen LogP contribution < -0.4 is 9.80 Å². The number of nitrogens with zero attached hydrogens (tertiary/aromatic N) is 6. The van der Waals surface area contributed by atoms with E-state index in [1.807, 2.05) is 32.2 Å². The number of cyclic esters (lactones) is 1. The van der Waals surface area contributed by atoms with Crippen molar-refractivity contribution in [3.05, 3.63) is 75.6 Å². The number of aliphatic hydroxyl groups excluding tert-OH is 1. The van der Waals surface area contributed by atoms with Gasteiger partial charge >= 0.3 is 6.09 Å². The normalized spacial score (nSPS) is 24.5. The standard InChI is InChI=1S/C30H36N6O8Si/c1-19-27(45(2,3)42)26(10-12-33-18-21(11-14-37)31-32-33)44-30(19)24-16-23(36(40)41)8-9-25(24)35(28(30)38)17-20-4-6-22(7-5-20)34-13-15-43-29(34)39/h4-9,16,18-19,26-27,37,42H,10-15,17H2,1-3H3/t19-,26+,27-,30+/m1/s1. The Labute approximate surface area is 260 Å². The molecule has 0 aliphatic carbocycles. The van der Waals surface area contributed by atoms with Crippen molar-refractivity contribution in [1.29, 1.82) is 0 Å². The molecule has 2 aromatic carbocycles. The number of aromatic nitrogens is 3. The lowest BCUT2D eigenvalue weighted by molar-refractivity contribution is -0.385. The molecular formula is C30H36N6O8Si. The molecule has 3 aliphatic heterocycles. The molecule has 238 valence electrons. The summed E-state index contributed by atoms with van der Waals surface area (Å²) in [5.74, 6) is -0.828. The van der Waals surface area contributed by atoms with Gasteiger partial charge in [-0.3, -0.25) is 24.5 Å². The van der Waals surface area contributed by atoms with Crippen LogP contribution in [0.3, 0.4) is 0 Å². The highest BCUT2D eigenvalue weighted by Crippen LogP contribution is 2.60. The fraction of sp³-hybridized carbons (Fsp3) is 0.467. The van der Waals surface area contributed by atoms with Crippen LogP contribution in [-0.2, 0) is 39.4 Å².